The van der Waals surface area contributed by atoms with E-state index in [2.05, 4.69) is 35.6 Å². The Morgan fingerprint density at radius 3 is 2.32 bits per heavy atom. The lowest BCUT2D eigenvalue weighted by Crippen LogP contribution is -2.21. The predicted octanol–water partition coefficient (Wildman–Crippen LogP) is 3.67. The van der Waals surface area contributed by atoms with E-state index >= 15 is 0 Å². The number of esters is 1. The van der Waals surface area contributed by atoms with Gasteiger partial charge in [-0.25, -0.2) is 4.79 Å². The largest absolute Gasteiger partial charge is 0.465 e. The number of carbonyl (C=O) groups excluding carboxylic acids is 1. The van der Waals surface area contributed by atoms with Crippen LogP contribution in [0.5, 0.6) is 0 Å². The maximum Gasteiger partial charge on any atom is 0.338 e. The summed E-state index contributed by atoms with van der Waals surface area (Å²) in [5.74, 6) is -0.270. The van der Waals surface area contributed by atoms with Crippen molar-refractivity contribution in [2.45, 2.75) is 32.7 Å². The average Bonchev–Trinajstić information content (AvgIpc) is 2.92. The molecule has 0 radical (unpaired) electrons. The van der Waals surface area contributed by atoms with Gasteiger partial charge in [0.25, 0.3) is 0 Å². The van der Waals surface area contributed by atoms with Crippen molar-refractivity contribution in [3.05, 3.63) is 64.2 Å². The molecule has 3 rings (SSSR count). The molecule has 3 heteroatoms. The first-order valence-electron chi connectivity index (χ1n) is 7.62. The van der Waals surface area contributed by atoms with Crippen LogP contribution in [0.1, 0.15) is 32.6 Å². The summed E-state index contributed by atoms with van der Waals surface area (Å²) in [6, 6.07) is 13.0. The predicted molar refractivity (Wildman–Crippen MR) is 88.5 cm³/mol. The number of nitrogens with one attached hydrogen (secondary N) is 1. The first kappa shape index (κ1) is 14.6. The van der Waals surface area contributed by atoms with Crippen LogP contribution in [0, 0.1) is 13.8 Å². The van der Waals surface area contributed by atoms with Gasteiger partial charge in [0.05, 0.1) is 12.7 Å². The van der Waals surface area contributed by atoms with E-state index in [1.165, 1.54) is 18.2 Å². The van der Waals surface area contributed by atoms with Crippen LogP contribution in [-0.4, -0.2) is 19.1 Å². The molecule has 2 aromatic carbocycles. The summed E-state index contributed by atoms with van der Waals surface area (Å²) in [7, 11) is 1.43. The molecule has 0 saturated heterocycles. The van der Waals surface area contributed by atoms with Crippen molar-refractivity contribution in [3.8, 4) is 0 Å². The van der Waals surface area contributed by atoms with E-state index in [4.69, 9.17) is 4.74 Å². The van der Waals surface area contributed by atoms with Gasteiger partial charge in [-0.05, 0) is 55.0 Å². The van der Waals surface area contributed by atoms with Crippen LogP contribution in [0.3, 0.4) is 0 Å². The van der Waals surface area contributed by atoms with Crippen LogP contribution in [0.15, 0.2) is 36.4 Å². The van der Waals surface area contributed by atoms with Gasteiger partial charge in [0.15, 0.2) is 0 Å². The summed E-state index contributed by atoms with van der Waals surface area (Å²) in [6.07, 6.45) is 2.05. The molecule has 0 bridgehead atoms. The fourth-order valence-electron chi connectivity index (χ4n) is 3.30. The van der Waals surface area contributed by atoms with Gasteiger partial charge in [-0.15, -0.1) is 0 Å². The van der Waals surface area contributed by atoms with Crippen LogP contribution in [0.2, 0.25) is 0 Å². The highest BCUT2D eigenvalue weighted by Crippen LogP contribution is 2.28. The van der Waals surface area contributed by atoms with Gasteiger partial charge in [0, 0.05) is 11.7 Å². The zero-order valence-corrected chi connectivity index (χ0v) is 13.3. The zero-order chi connectivity index (χ0) is 15.7. The van der Waals surface area contributed by atoms with Gasteiger partial charge in [-0.1, -0.05) is 30.3 Å². The van der Waals surface area contributed by atoms with E-state index in [-0.39, 0.29) is 5.97 Å². The molecule has 0 atom stereocenters. The first-order valence-corrected chi connectivity index (χ1v) is 7.62. The number of methoxy groups -OCH3 is 1. The van der Waals surface area contributed by atoms with E-state index < -0.39 is 0 Å². The summed E-state index contributed by atoms with van der Waals surface area (Å²) >= 11 is 0. The summed E-state index contributed by atoms with van der Waals surface area (Å²) < 4.78 is 4.91. The average molecular weight is 295 g/mol. The van der Waals surface area contributed by atoms with E-state index in [0.717, 1.165) is 29.7 Å². The number of hydrogen-bond acceptors (Lipinski definition) is 3. The normalized spacial score (nSPS) is 13.8. The Labute approximate surface area is 131 Å². The highest BCUT2D eigenvalue weighted by Gasteiger charge is 2.22. The van der Waals surface area contributed by atoms with Crippen molar-refractivity contribution in [1.29, 1.82) is 0 Å². The molecule has 1 aliphatic rings. The number of fused-ring (bicyclic) bond motifs is 1. The lowest BCUT2D eigenvalue weighted by molar-refractivity contribution is 0.0599. The molecular weight excluding hydrogens is 274 g/mol. The van der Waals surface area contributed by atoms with Crippen molar-refractivity contribution < 1.29 is 9.53 Å². The Morgan fingerprint density at radius 1 is 1.09 bits per heavy atom. The van der Waals surface area contributed by atoms with Crippen LogP contribution in [0.4, 0.5) is 5.69 Å². The topological polar surface area (TPSA) is 38.3 Å². The summed E-state index contributed by atoms with van der Waals surface area (Å²) in [6.45, 7) is 3.91. The molecule has 3 nitrogen and oxygen atoms in total. The fourth-order valence-corrected chi connectivity index (χ4v) is 3.30. The molecule has 1 aliphatic carbocycles. The minimum absolute atomic E-state index is 0.270. The zero-order valence-electron chi connectivity index (χ0n) is 13.3. The second-order valence-electron chi connectivity index (χ2n) is 5.94. The van der Waals surface area contributed by atoms with Crippen LogP contribution in [-0.2, 0) is 17.6 Å². The molecule has 0 unspecified atom stereocenters. The summed E-state index contributed by atoms with van der Waals surface area (Å²) in [5.41, 5.74) is 6.43. The minimum Gasteiger partial charge on any atom is -0.465 e. The molecule has 0 saturated carbocycles. The first-order chi connectivity index (χ1) is 10.6. The van der Waals surface area contributed by atoms with Crippen molar-refractivity contribution in [2.24, 2.45) is 0 Å². The van der Waals surface area contributed by atoms with Crippen molar-refractivity contribution >= 4 is 11.7 Å². The lowest BCUT2D eigenvalue weighted by Gasteiger charge is -2.18. The number of anilines is 1. The van der Waals surface area contributed by atoms with E-state index in [0.29, 0.717) is 11.6 Å². The molecule has 0 aliphatic heterocycles. The quantitative estimate of drug-likeness (QED) is 0.878. The molecule has 0 aromatic heterocycles. The van der Waals surface area contributed by atoms with Gasteiger partial charge in [-0.3, -0.25) is 0 Å². The number of hydrogen-bond donors (Lipinski definition) is 1. The molecule has 0 amide bonds. The Hall–Kier alpha value is -2.29. The Balaban J connectivity index is 1.84. The molecular formula is C19H21NO2. The SMILES string of the molecule is COC(=O)c1c(C)ccc(NC2Cc3ccccc3C2)c1C. The third kappa shape index (κ3) is 2.59. The maximum absolute atomic E-state index is 12.0. The van der Waals surface area contributed by atoms with Gasteiger partial charge in [0.1, 0.15) is 0 Å². The third-order valence-corrected chi connectivity index (χ3v) is 4.47. The van der Waals surface area contributed by atoms with Gasteiger partial charge < -0.3 is 10.1 Å². The van der Waals surface area contributed by atoms with E-state index in [1.54, 1.807) is 0 Å². The Morgan fingerprint density at radius 2 is 1.73 bits per heavy atom. The standard InChI is InChI=1S/C19H21NO2/c1-12-8-9-17(13(2)18(12)19(21)22-3)20-16-10-14-6-4-5-7-15(14)11-16/h4-9,16,20H,10-11H2,1-3H3. The second kappa shape index (κ2) is 5.84. The minimum atomic E-state index is -0.270. The van der Waals surface area contributed by atoms with E-state index in [1.807, 2.05) is 19.9 Å². The lowest BCUT2D eigenvalue weighted by atomic mass is 10.0. The second-order valence-corrected chi connectivity index (χ2v) is 5.94. The molecule has 0 fully saturated rings. The van der Waals surface area contributed by atoms with Crippen molar-refractivity contribution in [2.75, 3.05) is 12.4 Å². The highest BCUT2D eigenvalue weighted by molar-refractivity contribution is 5.94. The van der Waals surface area contributed by atoms with Crippen molar-refractivity contribution in [3.63, 3.8) is 0 Å². The highest BCUT2D eigenvalue weighted by atomic mass is 16.5. The number of ether oxygens (including phenoxy) is 1. The monoisotopic (exact) mass is 295 g/mol. The van der Waals surface area contributed by atoms with Gasteiger partial charge in [0.2, 0.25) is 0 Å². The van der Waals surface area contributed by atoms with Gasteiger partial charge in [-0.2, -0.15) is 0 Å². The molecule has 22 heavy (non-hydrogen) atoms. The molecule has 114 valence electrons. The summed E-state index contributed by atoms with van der Waals surface area (Å²) in [5, 5.41) is 3.59. The van der Waals surface area contributed by atoms with Crippen LogP contribution < -0.4 is 5.32 Å². The summed E-state index contributed by atoms with van der Waals surface area (Å²) in [4.78, 5) is 12.0. The molecule has 2 aromatic rings. The maximum atomic E-state index is 12.0. The fraction of sp³-hybridized carbons (Fsp3) is 0.316. The third-order valence-electron chi connectivity index (χ3n) is 4.47. The van der Waals surface area contributed by atoms with Gasteiger partial charge >= 0.3 is 5.97 Å². The van der Waals surface area contributed by atoms with Crippen LogP contribution >= 0.6 is 0 Å². The molecule has 1 N–H and O–H groups in total. The van der Waals surface area contributed by atoms with E-state index in [9.17, 15) is 4.79 Å². The Kier molecular flexibility index (Phi) is 3.88. The molecule has 0 spiro atoms. The molecule has 0 heterocycles. The number of aryl methyl sites for hydroxylation is 1. The number of benzene rings is 2. The van der Waals surface area contributed by atoms with Crippen LogP contribution in [0.25, 0.3) is 0 Å². The number of rotatable bonds is 3. The number of carbonyl (C=O) groups is 1. The van der Waals surface area contributed by atoms with Crippen molar-refractivity contribution in [1.82, 2.24) is 0 Å². The Bertz CT molecular complexity index is 696. The smallest absolute Gasteiger partial charge is 0.338 e.